The highest BCUT2D eigenvalue weighted by Crippen LogP contribution is 2.13. The van der Waals surface area contributed by atoms with Crippen molar-refractivity contribution in [2.75, 3.05) is 0 Å². The van der Waals surface area contributed by atoms with Gasteiger partial charge in [-0.25, -0.2) is 9.37 Å². The van der Waals surface area contributed by atoms with E-state index in [2.05, 4.69) is 10.3 Å². The highest BCUT2D eigenvalue weighted by atomic mass is 32.1. The molecule has 0 aliphatic rings. The Morgan fingerprint density at radius 3 is 2.89 bits per heavy atom. The van der Waals surface area contributed by atoms with E-state index < -0.39 is 11.7 Å². The molecule has 1 heterocycles. The van der Waals surface area contributed by atoms with Gasteiger partial charge in [-0.1, -0.05) is 12.1 Å². The van der Waals surface area contributed by atoms with Gasteiger partial charge in [-0.05, 0) is 25.5 Å². The lowest BCUT2D eigenvalue weighted by molar-refractivity contribution is 0.0946. The van der Waals surface area contributed by atoms with E-state index >= 15 is 0 Å². The van der Waals surface area contributed by atoms with Gasteiger partial charge in [-0.2, -0.15) is 0 Å². The van der Waals surface area contributed by atoms with Gasteiger partial charge < -0.3 is 5.32 Å². The van der Waals surface area contributed by atoms with Gasteiger partial charge in [-0.15, -0.1) is 11.3 Å². The molecule has 0 fully saturated rings. The molecule has 1 N–H and O–H groups in total. The van der Waals surface area contributed by atoms with Gasteiger partial charge in [0.05, 0.1) is 12.1 Å². The number of carbonyl (C=O) groups is 1. The first-order valence-electron chi connectivity index (χ1n) is 5.52. The van der Waals surface area contributed by atoms with E-state index in [0.29, 0.717) is 12.1 Å². The summed E-state index contributed by atoms with van der Waals surface area (Å²) in [6.07, 6.45) is 1.75. The summed E-state index contributed by atoms with van der Waals surface area (Å²) in [5.41, 5.74) is 0.538. The van der Waals surface area contributed by atoms with E-state index in [-0.39, 0.29) is 5.56 Å². The Balaban J connectivity index is 2.06. The fourth-order valence-electron chi connectivity index (χ4n) is 1.56. The van der Waals surface area contributed by atoms with E-state index in [4.69, 9.17) is 0 Å². The number of amides is 1. The second-order valence-electron chi connectivity index (χ2n) is 3.98. The zero-order valence-corrected chi connectivity index (χ0v) is 11.0. The summed E-state index contributed by atoms with van der Waals surface area (Å²) in [7, 11) is 0. The number of nitrogens with one attached hydrogen (secondary N) is 1. The van der Waals surface area contributed by atoms with Crippen LogP contribution in [0.4, 0.5) is 4.39 Å². The normalized spacial score (nSPS) is 10.4. The Labute approximate surface area is 109 Å². The summed E-state index contributed by atoms with van der Waals surface area (Å²) >= 11 is 1.51. The van der Waals surface area contributed by atoms with Crippen LogP contribution in [0, 0.1) is 19.7 Å². The summed E-state index contributed by atoms with van der Waals surface area (Å²) in [4.78, 5) is 17.0. The molecule has 0 aliphatic heterocycles. The molecule has 0 radical (unpaired) electrons. The maximum absolute atomic E-state index is 13.7. The lowest BCUT2D eigenvalue weighted by Gasteiger charge is -2.05. The van der Waals surface area contributed by atoms with Crippen molar-refractivity contribution >= 4 is 17.2 Å². The first kappa shape index (κ1) is 12.7. The highest BCUT2D eigenvalue weighted by molar-refractivity contribution is 7.11. The highest BCUT2D eigenvalue weighted by Gasteiger charge is 2.13. The molecule has 2 rings (SSSR count). The van der Waals surface area contributed by atoms with Crippen LogP contribution in [0.1, 0.15) is 25.8 Å². The molecule has 5 heteroatoms. The molecule has 18 heavy (non-hydrogen) atoms. The van der Waals surface area contributed by atoms with Crippen molar-refractivity contribution in [1.82, 2.24) is 10.3 Å². The van der Waals surface area contributed by atoms with Crippen LogP contribution in [0.3, 0.4) is 0 Å². The number of hydrogen-bond acceptors (Lipinski definition) is 3. The topological polar surface area (TPSA) is 42.0 Å². The van der Waals surface area contributed by atoms with E-state index in [1.165, 1.54) is 17.4 Å². The molecule has 0 spiro atoms. The van der Waals surface area contributed by atoms with Crippen LogP contribution in [0.2, 0.25) is 0 Å². The molecule has 0 saturated carbocycles. The second kappa shape index (κ2) is 5.27. The SMILES string of the molecule is Cc1cnc(CNC(=O)c2cccc(C)c2F)s1. The average molecular weight is 264 g/mol. The van der Waals surface area contributed by atoms with E-state index in [1.54, 1.807) is 25.3 Å². The van der Waals surface area contributed by atoms with E-state index in [9.17, 15) is 9.18 Å². The molecule has 0 bridgehead atoms. The smallest absolute Gasteiger partial charge is 0.254 e. The summed E-state index contributed by atoms with van der Waals surface area (Å²) < 4.78 is 13.7. The predicted molar refractivity (Wildman–Crippen MR) is 69.2 cm³/mol. The number of aryl methyl sites for hydroxylation is 2. The number of hydrogen-bond donors (Lipinski definition) is 1. The first-order valence-corrected chi connectivity index (χ1v) is 6.34. The standard InChI is InChI=1S/C13H13FN2OS/c1-8-4-3-5-10(12(8)14)13(17)16-7-11-15-6-9(2)18-11/h3-6H,7H2,1-2H3,(H,16,17). The molecule has 0 saturated heterocycles. The van der Waals surface area contributed by atoms with Crippen LogP contribution >= 0.6 is 11.3 Å². The Bertz CT molecular complexity index is 580. The Kier molecular flexibility index (Phi) is 3.72. The van der Waals surface area contributed by atoms with Crippen LogP contribution in [0.15, 0.2) is 24.4 Å². The Morgan fingerprint density at radius 1 is 1.44 bits per heavy atom. The second-order valence-corrected chi connectivity index (χ2v) is 5.30. The van der Waals surface area contributed by atoms with Gasteiger partial charge >= 0.3 is 0 Å². The van der Waals surface area contributed by atoms with Gasteiger partial charge in [0.15, 0.2) is 0 Å². The van der Waals surface area contributed by atoms with Gasteiger partial charge in [-0.3, -0.25) is 4.79 Å². The molecule has 0 atom stereocenters. The van der Waals surface area contributed by atoms with Crippen LogP contribution in [0.5, 0.6) is 0 Å². The number of aromatic nitrogens is 1. The number of thiazole rings is 1. The fourth-order valence-corrected chi connectivity index (χ4v) is 2.28. The van der Waals surface area contributed by atoms with E-state index in [1.807, 2.05) is 6.92 Å². The zero-order valence-electron chi connectivity index (χ0n) is 10.2. The predicted octanol–water partition coefficient (Wildman–Crippen LogP) is 2.83. The molecule has 3 nitrogen and oxygen atoms in total. The number of halogens is 1. The van der Waals surface area contributed by atoms with Gasteiger partial charge in [0.25, 0.3) is 5.91 Å². The van der Waals surface area contributed by atoms with E-state index in [0.717, 1.165) is 9.88 Å². The first-order chi connectivity index (χ1) is 8.58. The molecule has 0 unspecified atom stereocenters. The van der Waals surface area contributed by atoms with Crippen molar-refractivity contribution in [2.24, 2.45) is 0 Å². The molecule has 2 aromatic rings. The Morgan fingerprint density at radius 2 is 2.22 bits per heavy atom. The van der Waals surface area contributed by atoms with Crippen LogP contribution in [-0.4, -0.2) is 10.9 Å². The number of benzene rings is 1. The minimum atomic E-state index is -0.467. The van der Waals surface area contributed by atoms with Crippen molar-refractivity contribution < 1.29 is 9.18 Å². The van der Waals surface area contributed by atoms with Crippen molar-refractivity contribution in [3.63, 3.8) is 0 Å². The monoisotopic (exact) mass is 264 g/mol. The number of carbonyl (C=O) groups excluding carboxylic acids is 1. The van der Waals surface area contributed by atoms with Crippen molar-refractivity contribution in [1.29, 1.82) is 0 Å². The van der Waals surface area contributed by atoms with Gasteiger partial charge in [0.2, 0.25) is 0 Å². The molecular formula is C13H13FN2OS. The molecular weight excluding hydrogens is 251 g/mol. The third kappa shape index (κ3) is 2.73. The van der Waals surface area contributed by atoms with Gasteiger partial charge in [0, 0.05) is 11.1 Å². The van der Waals surface area contributed by atoms with Gasteiger partial charge in [0.1, 0.15) is 10.8 Å². The van der Waals surface area contributed by atoms with Crippen molar-refractivity contribution in [3.8, 4) is 0 Å². The lowest BCUT2D eigenvalue weighted by Crippen LogP contribution is -2.24. The minimum absolute atomic E-state index is 0.0725. The van der Waals surface area contributed by atoms with Crippen LogP contribution < -0.4 is 5.32 Å². The number of nitrogens with zero attached hydrogens (tertiary/aromatic N) is 1. The van der Waals surface area contributed by atoms with Crippen molar-refractivity contribution in [2.45, 2.75) is 20.4 Å². The van der Waals surface area contributed by atoms with Crippen LogP contribution in [0.25, 0.3) is 0 Å². The largest absolute Gasteiger partial charge is 0.345 e. The molecule has 1 amide bonds. The Hall–Kier alpha value is -1.75. The lowest BCUT2D eigenvalue weighted by atomic mass is 10.1. The van der Waals surface area contributed by atoms with Crippen molar-refractivity contribution in [3.05, 3.63) is 51.2 Å². The third-order valence-electron chi connectivity index (χ3n) is 2.51. The maximum atomic E-state index is 13.7. The summed E-state index contributed by atoms with van der Waals surface area (Å²) in [6.45, 7) is 3.91. The summed E-state index contributed by atoms with van der Waals surface area (Å²) in [6, 6.07) is 4.78. The maximum Gasteiger partial charge on any atom is 0.254 e. The van der Waals surface area contributed by atoms with Crippen LogP contribution in [-0.2, 0) is 6.54 Å². The molecule has 1 aromatic heterocycles. The molecule has 94 valence electrons. The molecule has 0 aliphatic carbocycles. The summed E-state index contributed by atoms with van der Waals surface area (Å²) in [5.74, 6) is -0.880. The third-order valence-corrected chi connectivity index (χ3v) is 3.42. The fraction of sp³-hybridized carbons (Fsp3) is 0.231. The minimum Gasteiger partial charge on any atom is -0.345 e. The zero-order chi connectivity index (χ0) is 13.1. The summed E-state index contributed by atoms with van der Waals surface area (Å²) in [5, 5.41) is 3.48. The average Bonchev–Trinajstić information content (AvgIpc) is 2.76. The number of rotatable bonds is 3. The quantitative estimate of drug-likeness (QED) is 0.926. The molecule has 1 aromatic carbocycles.